The first-order valence-corrected chi connectivity index (χ1v) is 23.9. The first-order valence-electron chi connectivity index (χ1n) is 23.9. The zero-order chi connectivity index (χ0) is 49.8. The molecule has 0 radical (unpaired) electrons. The van der Waals surface area contributed by atoms with Gasteiger partial charge < -0.3 is 63.6 Å². The molecule has 5 N–H and O–H groups in total. The molecule has 3 saturated heterocycles. The van der Waals surface area contributed by atoms with Crippen LogP contribution in [0.4, 0.5) is 0 Å². The fraction of sp³-hybridized carbons (Fsp3) is 0.796. The average molecular weight is 949 g/mol. The van der Waals surface area contributed by atoms with Crippen LogP contribution in [0.15, 0.2) is 30.5 Å². The van der Waals surface area contributed by atoms with Gasteiger partial charge in [0.1, 0.15) is 29.7 Å². The Morgan fingerprint density at radius 2 is 1.52 bits per heavy atom. The lowest BCUT2D eigenvalue weighted by molar-refractivity contribution is -0.319. The van der Waals surface area contributed by atoms with E-state index < -0.39 is 108 Å². The van der Waals surface area contributed by atoms with Crippen LogP contribution in [0.3, 0.4) is 0 Å². The summed E-state index contributed by atoms with van der Waals surface area (Å²) in [6.45, 7) is 18.1. The van der Waals surface area contributed by atoms with Crippen LogP contribution in [-0.2, 0) is 62.3 Å². The van der Waals surface area contributed by atoms with E-state index in [-0.39, 0.29) is 37.8 Å². The Morgan fingerprint density at radius 3 is 2.13 bits per heavy atom. The van der Waals surface area contributed by atoms with Gasteiger partial charge in [-0.1, -0.05) is 57.2 Å². The molecule has 5 rings (SSSR count). The van der Waals surface area contributed by atoms with E-state index in [9.17, 15) is 35.1 Å². The predicted molar refractivity (Wildman–Crippen MR) is 245 cm³/mol. The molecule has 67 heavy (non-hydrogen) atoms. The fourth-order valence-corrected chi connectivity index (χ4v) is 10.4. The van der Waals surface area contributed by atoms with Crippen molar-refractivity contribution in [2.75, 3.05) is 27.8 Å². The van der Waals surface area contributed by atoms with Crippen molar-refractivity contribution in [1.29, 1.82) is 0 Å². The first-order chi connectivity index (χ1) is 31.4. The number of carbonyl (C=O) groups excluding carboxylic acids is 2. The van der Waals surface area contributed by atoms with Crippen molar-refractivity contribution in [3.8, 4) is 0 Å². The van der Waals surface area contributed by atoms with Gasteiger partial charge in [-0.05, 0) is 79.0 Å². The third-order valence-electron chi connectivity index (χ3n) is 15.0. The van der Waals surface area contributed by atoms with Crippen molar-refractivity contribution in [1.82, 2.24) is 19.9 Å². The number of hydrogen-bond donors (Lipinski definition) is 5. The third kappa shape index (κ3) is 12.5. The molecule has 2 aromatic rings. The highest BCUT2D eigenvalue weighted by Crippen LogP contribution is 2.42. The van der Waals surface area contributed by atoms with Crippen LogP contribution in [-0.4, -0.2) is 169 Å². The van der Waals surface area contributed by atoms with Crippen LogP contribution in [0, 0.1) is 23.7 Å². The molecule has 3 fully saturated rings. The minimum Gasteiger partial charge on any atom is -0.459 e. The molecule has 0 amide bonds. The second kappa shape index (κ2) is 22.8. The topological polar surface area (TPSA) is 234 Å². The molecule has 0 unspecified atom stereocenters. The molecule has 0 aliphatic carbocycles. The summed E-state index contributed by atoms with van der Waals surface area (Å²) < 4.78 is 46.4. The molecular weight excluding hydrogens is 869 g/mol. The molecule has 1 aromatic heterocycles. The number of aromatic nitrogens is 3. The number of aliphatic hydroxyl groups is 5. The molecule has 380 valence electrons. The second-order valence-electron chi connectivity index (χ2n) is 20.3. The van der Waals surface area contributed by atoms with E-state index in [1.165, 1.54) is 21.1 Å². The van der Waals surface area contributed by atoms with Crippen molar-refractivity contribution < 1.29 is 68.3 Å². The van der Waals surface area contributed by atoms with Crippen molar-refractivity contribution in [2.45, 2.75) is 199 Å². The van der Waals surface area contributed by atoms with Gasteiger partial charge in [0.05, 0.1) is 66.5 Å². The van der Waals surface area contributed by atoms with Gasteiger partial charge in [-0.3, -0.25) is 9.59 Å². The van der Waals surface area contributed by atoms with Gasteiger partial charge in [0.2, 0.25) is 0 Å². The Bertz CT molecular complexity index is 1900. The van der Waals surface area contributed by atoms with E-state index >= 15 is 0 Å². The maximum Gasteiger partial charge on any atom is 0.311 e. The van der Waals surface area contributed by atoms with E-state index in [4.69, 9.17) is 33.2 Å². The number of hydrogen-bond acceptors (Lipinski definition) is 17. The van der Waals surface area contributed by atoms with Crippen LogP contribution in [0.1, 0.15) is 112 Å². The normalized spacial score (nSPS) is 40.7. The highest BCUT2D eigenvalue weighted by molar-refractivity contribution is 5.83. The van der Waals surface area contributed by atoms with Crippen molar-refractivity contribution >= 4 is 11.8 Å². The lowest BCUT2D eigenvalue weighted by Crippen LogP contribution is -2.61. The molecule has 0 bridgehead atoms. The summed E-state index contributed by atoms with van der Waals surface area (Å²) in [5, 5.41) is 64.8. The number of Topliss-reactive ketones (excluding diaryl/α,β-unsaturated/α-hetero) is 1. The van der Waals surface area contributed by atoms with Gasteiger partial charge in [-0.2, -0.15) is 0 Å². The lowest BCUT2D eigenvalue weighted by Gasteiger charge is -2.50. The maximum absolute atomic E-state index is 14.4. The van der Waals surface area contributed by atoms with E-state index in [2.05, 4.69) is 15.2 Å². The summed E-state index contributed by atoms with van der Waals surface area (Å²) in [6.07, 6.45) is -7.07. The monoisotopic (exact) mass is 949 g/mol. The molecule has 4 heterocycles. The molecule has 3 aliphatic heterocycles. The number of benzene rings is 1. The lowest BCUT2D eigenvalue weighted by atomic mass is 9.74. The van der Waals surface area contributed by atoms with Gasteiger partial charge in [-0.25, -0.2) is 4.68 Å². The van der Waals surface area contributed by atoms with E-state index in [0.29, 0.717) is 25.9 Å². The van der Waals surface area contributed by atoms with Crippen LogP contribution < -0.4 is 0 Å². The van der Waals surface area contributed by atoms with E-state index in [1.807, 2.05) is 51.4 Å². The number of cyclic esters (lactones) is 1. The summed E-state index contributed by atoms with van der Waals surface area (Å²) in [5.74, 6) is -4.71. The Kier molecular flexibility index (Phi) is 18.7. The summed E-state index contributed by atoms with van der Waals surface area (Å²) in [5.41, 5.74) is -1.75. The van der Waals surface area contributed by atoms with E-state index in [1.54, 1.807) is 53.1 Å². The number of ketones is 1. The standard InChI is InChI=1S/C49H80N4O14/c1-14-37-49(10,60)42(57)29(4)39(55)27(2)22-48(9,62-13)44(30(5)41(31(6)45(59)65-37)66-38-23-47(8,61-12)43(58)32(7)64-38)67-46-40(56)36(21-28(3)63-46)52(11)20-19-35-25-53(51-50-35)24-33-15-17-34(26-54)18-16-33/h15-18,25,27-32,36-38,40-44,46,54,56-58,60H,14,19-24,26H2,1-13H3/t27-,28-,29+,30+,31-,32+,36+,37-,38+,40-,41+,42-,43+,44-,46+,47-,48-,49-/m1/s1. The summed E-state index contributed by atoms with van der Waals surface area (Å²) >= 11 is 0. The molecule has 0 saturated carbocycles. The van der Waals surface area contributed by atoms with Crippen LogP contribution in [0.5, 0.6) is 0 Å². The minimum atomic E-state index is -2.00. The molecule has 0 spiro atoms. The van der Waals surface area contributed by atoms with Crippen LogP contribution in [0.25, 0.3) is 0 Å². The number of likely N-dealkylation sites (N-methyl/N-ethyl adjacent to an activating group) is 1. The number of nitrogens with zero attached hydrogens (tertiary/aromatic N) is 4. The zero-order valence-electron chi connectivity index (χ0n) is 41.9. The second-order valence-corrected chi connectivity index (χ2v) is 20.3. The van der Waals surface area contributed by atoms with Gasteiger partial charge in [0.25, 0.3) is 0 Å². The number of rotatable bonds is 14. The molecule has 18 heteroatoms. The summed E-state index contributed by atoms with van der Waals surface area (Å²) in [6, 6.07) is 7.23. The summed E-state index contributed by atoms with van der Waals surface area (Å²) in [7, 11) is 4.93. The molecule has 18 nitrogen and oxygen atoms in total. The quantitative estimate of drug-likeness (QED) is 0.171. The zero-order valence-corrected chi connectivity index (χ0v) is 41.9. The number of carbonyl (C=O) groups is 2. The average Bonchev–Trinajstić information content (AvgIpc) is 3.76. The fourth-order valence-electron chi connectivity index (χ4n) is 10.4. The largest absolute Gasteiger partial charge is 0.459 e. The van der Waals surface area contributed by atoms with Crippen LogP contribution in [0.2, 0.25) is 0 Å². The highest BCUT2D eigenvalue weighted by atomic mass is 16.7. The van der Waals surface area contributed by atoms with Gasteiger partial charge in [-0.15, -0.1) is 5.10 Å². The Balaban J connectivity index is 1.47. The van der Waals surface area contributed by atoms with Gasteiger partial charge in [0, 0.05) is 63.6 Å². The molecule has 3 aliphatic rings. The maximum atomic E-state index is 14.4. The number of aliphatic hydroxyl groups excluding tert-OH is 4. The van der Waals surface area contributed by atoms with Crippen molar-refractivity contribution in [2.24, 2.45) is 23.7 Å². The Hall–Kier alpha value is -2.98. The number of ether oxygens (including phenoxy) is 7. The number of esters is 1. The smallest absolute Gasteiger partial charge is 0.311 e. The predicted octanol–water partition coefficient (Wildman–Crippen LogP) is 3.18. The Morgan fingerprint density at radius 1 is 0.881 bits per heavy atom. The van der Waals surface area contributed by atoms with Gasteiger partial charge >= 0.3 is 5.97 Å². The van der Waals surface area contributed by atoms with Crippen LogP contribution >= 0.6 is 0 Å². The van der Waals surface area contributed by atoms with E-state index in [0.717, 1.165) is 16.8 Å². The van der Waals surface area contributed by atoms with Crippen molar-refractivity contribution in [3.63, 3.8) is 0 Å². The number of methoxy groups -OCH3 is 2. The molecule has 18 atom stereocenters. The SMILES string of the molecule is CC[C@H]1OC(=O)[C@H](C)[C@@H](O[C@H]2C[C@@](C)(OC)[C@@H](O)[C@H](C)O2)[C@H](C)[C@@H](O[C@@H]2O[C@H](C)C[C@H](N(C)CCc3cn(Cc4ccc(CO)cc4)nn3)[C@H]2O)[C@](C)(OC)C[C@@H](C)C(=O)[C@H](C)[C@@H](O)[C@]1(C)O. The highest BCUT2D eigenvalue weighted by Gasteiger charge is 2.54. The minimum absolute atomic E-state index is 0.0230. The molecule has 1 aromatic carbocycles. The molecular formula is C49H80N4O14. The Labute approximate surface area is 396 Å². The first kappa shape index (κ1) is 55.0. The third-order valence-corrected chi connectivity index (χ3v) is 15.0. The van der Waals surface area contributed by atoms with Gasteiger partial charge in [0.15, 0.2) is 12.6 Å². The summed E-state index contributed by atoms with van der Waals surface area (Å²) in [4.78, 5) is 30.7. The van der Waals surface area contributed by atoms with Crippen molar-refractivity contribution in [3.05, 3.63) is 47.3 Å².